The Labute approximate surface area is 146 Å². The summed E-state index contributed by atoms with van der Waals surface area (Å²) in [5.41, 5.74) is 3.52. The first-order valence-corrected chi connectivity index (χ1v) is 8.82. The van der Waals surface area contributed by atoms with Gasteiger partial charge in [-0.25, -0.2) is 0 Å². The Kier molecular flexibility index (Phi) is 4.11. The number of nitrogens with one attached hydrogen (secondary N) is 2. The molecule has 0 atom stereocenters. The molecule has 2 saturated carbocycles. The van der Waals surface area contributed by atoms with Gasteiger partial charge in [-0.15, -0.1) is 0 Å². The highest BCUT2D eigenvalue weighted by Crippen LogP contribution is 2.46. The molecule has 0 spiro atoms. The van der Waals surface area contributed by atoms with Crippen LogP contribution >= 0.6 is 0 Å². The Bertz CT molecular complexity index is 791. The monoisotopic (exact) mass is 341 g/mol. The lowest BCUT2D eigenvalue weighted by molar-refractivity contribution is -0.122. The van der Waals surface area contributed by atoms with Gasteiger partial charge in [0.25, 0.3) is 0 Å². The second kappa shape index (κ2) is 6.43. The van der Waals surface area contributed by atoms with E-state index in [1.54, 1.807) is 14.2 Å². The molecule has 0 bridgehead atoms. The van der Waals surface area contributed by atoms with Gasteiger partial charge in [-0.1, -0.05) is 6.42 Å². The fourth-order valence-electron chi connectivity index (χ4n) is 3.24. The summed E-state index contributed by atoms with van der Waals surface area (Å²) in [5.74, 6) is 2.03. The van der Waals surface area contributed by atoms with Gasteiger partial charge in [-0.3, -0.25) is 9.89 Å². The molecule has 2 aliphatic rings. The molecule has 4 rings (SSSR count). The van der Waals surface area contributed by atoms with Gasteiger partial charge in [0.05, 0.1) is 25.6 Å². The van der Waals surface area contributed by atoms with Crippen LogP contribution in [0.4, 0.5) is 5.69 Å². The summed E-state index contributed by atoms with van der Waals surface area (Å²) in [5, 5.41) is 10.8. The van der Waals surface area contributed by atoms with E-state index in [1.165, 1.54) is 0 Å². The summed E-state index contributed by atoms with van der Waals surface area (Å²) in [7, 11) is 3.22. The van der Waals surface area contributed by atoms with Crippen molar-refractivity contribution >= 4 is 11.6 Å². The summed E-state index contributed by atoms with van der Waals surface area (Å²) < 4.78 is 10.7. The van der Waals surface area contributed by atoms with Crippen LogP contribution in [0.3, 0.4) is 0 Å². The van der Waals surface area contributed by atoms with Crippen LogP contribution in [0, 0.1) is 5.92 Å². The van der Waals surface area contributed by atoms with E-state index in [-0.39, 0.29) is 11.8 Å². The molecule has 1 heterocycles. The summed E-state index contributed by atoms with van der Waals surface area (Å²) in [6.45, 7) is 0. The van der Waals surface area contributed by atoms with Crippen molar-refractivity contribution < 1.29 is 14.3 Å². The van der Waals surface area contributed by atoms with Gasteiger partial charge in [-0.2, -0.15) is 5.10 Å². The highest BCUT2D eigenvalue weighted by Gasteiger charge is 2.33. The Hall–Kier alpha value is -2.50. The number of rotatable bonds is 6. The third kappa shape index (κ3) is 2.97. The molecule has 6 heteroatoms. The molecule has 2 N–H and O–H groups in total. The number of benzene rings is 1. The average molecular weight is 341 g/mol. The standard InChI is InChI=1S/C19H23N3O3/c1-24-14-9-8-13(10-15(14)25-2)17-18(16(21-22-17)11-6-7-11)20-19(23)12-4-3-5-12/h8-12H,3-7H2,1-2H3,(H,20,23)(H,21,22). The number of ether oxygens (including phenoxy) is 2. The molecule has 6 nitrogen and oxygen atoms in total. The third-order valence-electron chi connectivity index (χ3n) is 5.16. The van der Waals surface area contributed by atoms with Crippen LogP contribution < -0.4 is 14.8 Å². The Morgan fingerprint density at radius 2 is 1.92 bits per heavy atom. The molecule has 0 radical (unpaired) electrons. The van der Waals surface area contributed by atoms with Crippen LogP contribution in [0.1, 0.15) is 43.7 Å². The molecule has 2 fully saturated rings. The van der Waals surface area contributed by atoms with E-state index in [0.717, 1.165) is 54.7 Å². The van der Waals surface area contributed by atoms with Crippen molar-refractivity contribution in [2.75, 3.05) is 19.5 Å². The number of hydrogen-bond donors (Lipinski definition) is 2. The van der Waals surface area contributed by atoms with E-state index in [2.05, 4.69) is 15.5 Å². The van der Waals surface area contributed by atoms with Crippen LogP contribution in [0.2, 0.25) is 0 Å². The number of aromatic nitrogens is 2. The Morgan fingerprint density at radius 3 is 2.52 bits per heavy atom. The van der Waals surface area contributed by atoms with Crippen molar-refractivity contribution in [1.82, 2.24) is 10.2 Å². The van der Waals surface area contributed by atoms with E-state index in [4.69, 9.17) is 9.47 Å². The second-order valence-electron chi connectivity index (χ2n) is 6.82. The number of carbonyl (C=O) groups is 1. The van der Waals surface area contributed by atoms with E-state index in [1.807, 2.05) is 18.2 Å². The fourth-order valence-corrected chi connectivity index (χ4v) is 3.24. The van der Waals surface area contributed by atoms with Crippen molar-refractivity contribution in [3.05, 3.63) is 23.9 Å². The number of methoxy groups -OCH3 is 2. The molecule has 25 heavy (non-hydrogen) atoms. The smallest absolute Gasteiger partial charge is 0.227 e. The largest absolute Gasteiger partial charge is 0.493 e. The van der Waals surface area contributed by atoms with Gasteiger partial charge in [0, 0.05) is 17.4 Å². The van der Waals surface area contributed by atoms with Crippen LogP contribution in [-0.2, 0) is 4.79 Å². The first-order valence-electron chi connectivity index (χ1n) is 8.82. The zero-order valence-electron chi connectivity index (χ0n) is 14.6. The van der Waals surface area contributed by atoms with Gasteiger partial charge < -0.3 is 14.8 Å². The zero-order chi connectivity index (χ0) is 17.4. The lowest BCUT2D eigenvalue weighted by Gasteiger charge is -2.24. The van der Waals surface area contributed by atoms with Crippen LogP contribution in [-0.4, -0.2) is 30.3 Å². The summed E-state index contributed by atoms with van der Waals surface area (Å²) in [6, 6.07) is 5.69. The minimum atomic E-state index is 0.108. The van der Waals surface area contributed by atoms with E-state index >= 15 is 0 Å². The van der Waals surface area contributed by atoms with Crippen molar-refractivity contribution in [3.8, 4) is 22.8 Å². The number of aromatic amines is 1. The molecular formula is C19H23N3O3. The first-order chi connectivity index (χ1) is 12.2. The van der Waals surface area contributed by atoms with Gasteiger partial charge in [0.1, 0.15) is 5.69 Å². The van der Waals surface area contributed by atoms with Crippen LogP contribution in [0.15, 0.2) is 18.2 Å². The maximum absolute atomic E-state index is 12.5. The molecule has 0 saturated heterocycles. The second-order valence-corrected chi connectivity index (χ2v) is 6.82. The van der Waals surface area contributed by atoms with Crippen LogP contribution in [0.25, 0.3) is 11.3 Å². The zero-order valence-corrected chi connectivity index (χ0v) is 14.6. The number of nitrogens with zero attached hydrogens (tertiary/aromatic N) is 1. The molecule has 2 aromatic rings. The maximum atomic E-state index is 12.5. The van der Waals surface area contributed by atoms with Gasteiger partial charge in [-0.05, 0) is 43.9 Å². The molecule has 0 unspecified atom stereocenters. The average Bonchev–Trinajstić information content (AvgIpc) is 3.34. The first kappa shape index (κ1) is 16.0. The highest BCUT2D eigenvalue weighted by molar-refractivity contribution is 5.97. The number of H-pyrrole nitrogens is 1. The lowest BCUT2D eigenvalue weighted by atomic mass is 9.84. The molecule has 1 aromatic heterocycles. The van der Waals surface area contributed by atoms with E-state index in [9.17, 15) is 4.79 Å². The Balaban J connectivity index is 1.70. The van der Waals surface area contributed by atoms with E-state index < -0.39 is 0 Å². The van der Waals surface area contributed by atoms with Crippen molar-refractivity contribution in [3.63, 3.8) is 0 Å². The maximum Gasteiger partial charge on any atom is 0.227 e. The molecule has 0 aliphatic heterocycles. The molecule has 1 aromatic carbocycles. The van der Waals surface area contributed by atoms with Gasteiger partial charge >= 0.3 is 0 Å². The topological polar surface area (TPSA) is 76.2 Å². The molecule has 1 amide bonds. The molecular weight excluding hydrogens is 318 g/mol. The Morgan fingerprint density at radius 1 is 1.16 bits per heavy atom. The minimum Gasteiger partial charge on any atom is -0.493 e. The predicted molar refractivity (Wildman–Crippen MR) is 95.1 cm³/mol. The van der Waals surface area contributed by atoms with Gasteiger partial charge in [0.2, 0.25) is 5.91 Å². The number of carbonyl (C=O) groups excluding carboxylic acids is 1. The normalized spacial score (nSPS) is 17.0. The summed E-state index contributed by atoms with van der Waals surface area (Å²) in [6.07, 6.45) is 5.38. The quantitative estimate of drug-likeness (QED) is 0.840. The molecule has 2 aliphatic carbocycles. The van der Waals surface area contributed by atoms with Crippen LogP contribution in [0.5, 0.6) is 11.5 Å². The fraction of sp³-hybridized carbons (Fsp3) is 0.474. The SMILES string of the molecule is COc1ccc(-c2n[nH]c(C3CC3)c2NC(=O)C2CCC2)cc1OC. The van der Waals surface area contributed by atoms with Crippen molar-refractivity contribution in [2.24, 2.45) is 5.92 Å². The number of hydrogen-bond acceptors (Lipinski definition) is 4. The highest BCUT2D eigenvalue weighted by atomic mass is 16.5. The third-order valence-corrected chi connectivity index (χ3v) is 5.16. The number of amides is 1. The van der Waals surface area contributed by atoms with E-state index in [0.29, 0.717) is 17.4 Å². The predicted octanol–water partition coefficient (Wildman–Crippen LogP) is 3.71. The molecule has 132 valence electrons. The van der Waals surface area contributed by atoms with Crippen molar-refractivity contribution in [1.29, 1.82) is 0 Å². The van der Waals surface area contributed by atoms with Gasteiger partial charge in [0.15, 0.2) is 11.5 Å². The summed E-state index contributed by atoms with van der Waals surface area (Å²) in [4.78, 5) is 12.5. The minimum absolute atomic E-state index is 0.108. The lowest BCUT2D eigenvalue weighted by Crippen LogP contribution is -2.28. The van der Waals surface area contributed by atoms with Crippen molar-refractivity contribution in [2.45, 2.75) is 38.0 Å². The summed E-state index contributed by atoms with van der Waals surface area (Å²) >= 11 is 0. The number of anilines is 1.